The number of carbonyl (C=O) groups excluding carboxylic acids is 1. The highest BCUT2D eigenvalue weighted by Crippen LogP contribution is 2.28. The van der Waals surface area contributed by atoms with Gasteiger partial charge in [0, 0.05) is 33.5 Å². The Hall–Kier alpha value is -0.950. The molecule has 1 aliphatic carbocycles. The summed E-state index contributed by atoms with van der Waals surface area (Å²) in [6, 6.07) is 4.28. The second kappa shape index (κ2) is 7.35. The Morgan fingerprint density at radius 3 is 2.81 bits per heavy atom. The number of hydrogen-bond acceptors (Lipinski definition) is 3. The minimum absolute atomic E-state index is 0.0901. The SMILES string of the molecule is O=C(NCC1CCCC(Br)C1)c1cc(Br)cc([N+](=O)[O-])c1. The summed E-state index contributed by atoms with van der Waals surface area (Å²) in [6.45, 7) is 0.612. The van der Waals surface area contributed by atoms with Crippen LogP contribution in [0.2, 0.25) is 0 Å². The van der Waals surface area contributed by atoms with E-state index in [1.807, 2.05) is 0 Å². The van der Waals surface area contributed by atoms with Crippen LogP contribution in [0.15, 0.2) is 22.7 Å². The minimum Gasteiger partial charge on any atom is -0.352 e. The number of nitrogens with one attached hydrogen (secondary N) is 1. The van der Waals surface area contributed by atoms with Crippen molar-refractivity contribution >= 4 is 43.5 Å². The average Bonchev–Trinajstić information content (AvgIpc) is 2.44. The number of non-ortho nitro benzene ring substituents is 1. The van der Waals surface area contributed by atoms with Crippen molar-refractivity contribution in [3.05, 3.63) is 38.3 Å². The fraction of sp³-hybridized carbons (Fsp3) is 0.500. The average molecular weight is 420 g/mol. The maximum atomic E-state index is 12.1. The van der Waals surface area contributed by atoms with Gasteiger partial charge in [-0.15, -0.1) is 0 Å². The molecule has 0 bridgehead atoms. The van der Waals surface area contributed by atoms with E-state index in [0.717, 1.165) is 12.8 Å². The van der Waals surface area contributed by atoms with Crippen LogP contribution in [0.1, 0.15) is 36.0 Å². The molecule has 1 fully saturated rings. The van der Waals surface area contributed by atoms with Crippen molar-refractivity contribution in [1.29, 1.82) is 0 Å². The molecule has 0 aromatic heterocycles. The summed E-state index contributed by atoms with van der Waals surface area (Å²) in [6.07, 6.45) is 4.51. The standard InChI is InChI=1S/C14H16Br2N2O3/c15-11-3-1-2-9(4-11)8-17-14(19)10-5-12(16)7-13(6-10)18(20)21/h5-7,9,11H,1-4,8H2,(H,17,19). The van der Waals surface area contributed by atoms with Gasteiger partial charge in [0.05, 0.1) is 4.92 Å². The Labute approximate surface area is 139 Å². The van der Waals surface area contributed by atoms with Gasteiger partial charge in [0.15, 0.2) is 0 Å². The van der Waals surface area contributed by atoms with Gasteiger partial charge in [-0.25, -0.2) is 0 Å². The van der Waals surface area contributed by atoms with E-state index in [-0.39, 0.29) is 11.6 Å². The zero-order valence-electron chi connectivity index (χ0n) is 11.4. The predicted molar refractivity (Wildman–Crippen MR) is 87.8 cm³/mol. The third-order valence-electron chi connectivity index (χ3n) is 3.63. The first-order chi connectivity index (χ1) is 9.95. The molecule has 1 N–H and O–H groups in total. The van der Waals surface area contributed by atoms with Crippen molar-refractivity contribution in [3.8, 4) is 0 Å². The third kappa shape index (κ3) is 4.78. The summed E-state index contributed by atoms with van der Waals surface area (Å²) >= 11 is 6.82. The molecular weight excluding hydrogens is 404 g/mol. The fourth-order valence-electron chi connectivity index (χ4n) is 2.56. The summed E-state index contributed by atoms with van der Waals surface area (Å²) in [7, 11) is 0. The first kappa shape index (κ1) is 16.4. The van der Waals surface area contributed by atoms with Gasteiger partial charge in [0.25, 0.3) is 11.6 Å². The van der Waals surface area contributed by atoms with Crippen LogP contribution in [-0.4, -0.2) is 22.2 Å². The number of benzene rings is 1. The summed E-state index contributed by atoms with van der Waals surface area (Å²) in [5.41, 5.74) is 0.218. The largest absolute Gasteiger partial charge is 0.352 e. The highest BCUT2D eigenvalue weighted by atomic mass is 79.9. The first-order valence-corrected chi connectivity index (χ1v) is 8.54. The summed E-state index contributed by atoms with van der Waals surface area (Å²) < 4.78 is 0.528. The number of alkyl halides is 1. The minimum atomic E-state index is -0.502. The van der Waals surface area contributed by atoms with E-state index in [4.69, 9.17) is 0 Å². The zero-order valence-corrected chi connectivity index (χ0v) is 14.5. The molecular formula is C14H16Br2N2O3. The van der Waals surface area contributed by atoms with E-state index in [2.05, 4.69) is 37.2 Å². The van der Waals surface area contributed by atoms with E-state index in [1.54, 1.807) is 6.07 Å². The molecule has 1 aliphatic rings. The molecule has 2 rings (SSSR count). The second-order valence-electron chi connectivity index (χ2n) is 5.30. The van der Waals surface area contributed by atoms with Gasteiger partial charge in [-0.3, -0.25) is 14.9 Å². The fourth-order valence-corrected chi connectivity index (χ4v) is 3.89. The van der Waals surface area contributed by atoms with Gasteiger partial charge < -0.3 is 5.32 Å². The number of nitro benzene ring substituents is 1. The maximum Gasteiger partial charge on any atom is 0.271 e. The molecule has 1 amide bonds. The number of hydrogen-bond donors (Lipinski definition) is 1. The Bertz CT molecular complexity index is 551. The molecule has 1 aromatic carbocycles. The van der Waals surface area contributed by atoms with Crippen LogP contribution in [0.5, 0.6) is 0 Å². The van der Waals surface area contributed by atoms with Crippen molar-refractivity contribution in [2.45, 2.75) is 30.5 Å². The number of rotatable bonds is 4. The zero-order chi connectivity index (χ0) is 15.4. The normalized spacial score (nSPS) is 21.8. The van der Waals surface area contributed by atoms with Crippen molar-refractivity contribution in [3.63, 3.8) is 0 Å². The lowest BCUT2D eigenvalue weighted by Crippen LogP contribution is -2.32. The molecule has 1 aromatic rings. The smallest absolute Gasteiger partial charge is 0.271 e. The molecule has 2 unspecified atom stereocenters. The molecule has 2 atom stereocenters. The van der Waals surface area contributed by atoms with Crippen molar-refractivity contribution in [1.82, 2.24) is 5.32 Å². The van der Waals surface area contributed by atoms with Crippen molar-refractivity contribution < 1.29 is 9.72 Å². The van der Waals surface area contributed by atoms with Crippen LogP contribution >= 0.6 is 31.9 Å². The molecule has 0 saturated heterocycles. The van der Waals surface area contributed by atoms with E-state index in [1.165, 1.54) is 25.0 Å². The lowest BCUT2D eigenvalue weighted by molar-refractivity contribution is -0.385. The summed E-state index contributed by atoms with van der Waals surface area (Å²) in [5.74, 6) is 0.199. The number of halogens is 2. The molecule has 0 radical (unpaired) electrons. The van der Waals surface area contributed by atoms with Gasteiger partial charge in [-0.05, 0) is 31.2 Å². The Morgan fingerprint density at radius 1 is 1.38 bits per heavy atom. The van der Waals surface area contributed by atoms with Crippen molar-refractivity contribution in [2.24, 2.45) is 5.92 Å². The Morgan fingerprint density at radius 2 is 2.14 bits per heavy atom. The van der Waals surface area contributed by atoms with Crippen LogP contribution in [0.25, 0.3) is 0 Å². The van der Waals surface area contributed by atoms with E-state index in [9.17, 15) is 14.9 Å². The summed E-state index contributed by atoms with van der Waals surface area (Å²) in [4.78, 5) is 23.0. The quantitative estimate of drug-likeness (QED) is 0.454. The molecule has 0 spiro atoms. The van der Waals surface area contributed by atoms with Crippen molar-refractivity contribution in [2.75, 3.05) is 6.54 Å². The van der Waals surface area contributed by atoms with Gasteiger partial charge in [0.1, 0.15) is 0 Å². The van der Waals surface area contributed by atoms with Crippen LogP contribution < -0.4 is 5.32 Å². The molecule has 114 valence electrons. The van der Waals surface area contributed by atoms with Crippen LogP contribution in [0.4, 0.5) is 5.69 Å². The summed E-state index contributed by atoms with van der Waals surface area (Å²) in [5, 5.41) is 13.7. The Kier molecular flexibility index (Phi) is 5.75. The highest BCUT2D eigenvalue weighted by Gasteiger charge is 2.21. The monoisotopic (exact) mass is 418 g/mol. The Balaban J connectivity index is 1.98. The topological polar surface area (TPSA) is 72.2 Å². The number of amides is 1. The molecule has 0 heterocycles. The second-order valence-corrected chi connectivity index (χ2v) is 7.51. The number of carbonyl (C=O) groups is 1. The lowest BCUT2D eigenvalue weighted by Gasteiger charge is -2.25. The van der Waals surface area contributed by atoms with Gasteiger partial charge >= 0.3 is 0 Å². The molecule has 21 heavy (non-hydrogen) atoms. The van der Waals surface area contributed by atoms with E-state index >= 15 is 0 Å². The van der Waals surface area contributed by atoms with Crippen LogP contribution in [0.3, 0.4) is 0 Å². The number of nitrogens with zero attached hydrogens (tertiary/aromatic N) is 1. The van der Waals surface area contributed by atoms with Gasteiger partial charge in [0.2, 0.25) is 0 Å². The third-order valence-corrected chi connectivity index (χ3v) is 4.92. The number of nitro groups is 1. The van der Waals surface area contributed by atoms with Gasteiger partial charge in [-0.1, -0.05) is 38.3 Å². The van der Waals surface area contributed by atoms with Crippen LogP contribution in [-0.2, 0) is 0 Å². The molecule has 5 nitrogen and oxygen atoms in total. The molecule has 1 saturated carbocycles. The highest BCUT2D eigenvalue weighted by molar-refractivity contribution is 9.10. The van der Waals surface area contributed by atoms with E-state index < -0.39 is 4.92 Å². The molecule has 0 aliphatic heterocycles. The van der Waals surface area contributed by atoms with Crippen LogP contribution in [0, 0.1) is 16.0 Å². The first-order valence-electron chi connectivity index (χ1n) is 6.83. The van der Waals surface area contributed by atoms with Gasteiger partial charge in [-0.2, -0.15) is 0 Å². The van der Waals surface area contributed by atoms with E-state index in [0.29, 0.717) is 27.3 Å². The maximum absolute atomic E-state index is 12.1. The molecule has 7 heteroatoms. The predicted octanol–water partition coefficient (Wildman–Crippen LogP) is 4.04. The lowest BCUT2D eigenvalue weighted by atomic mass is 9.89.